The normalized spacial score (nSPS) is 21.6. The van der Waals surface area contributed by atoms with Gasteiger partial charge in [0.2, 0.25) is 0 Å². The molecule has 0 amide bonds. The summed E-state index contributed by atoms with van der Waals surface area (Å²) in [5, 5.41) is 19.2. The number of halogens is 3. The second-order valence-corrected chi connectivity index (χ2v) is 13.9. The van der Waals surface area contributed by atoms with Gasteiger partial charge < -0.3 is 5.32 Å². The van der Waals surface area contributed by atoms with Gasteiger partial charge in [-0.1, -0.05) is 94.6 Å². The third kappa shape index (κ3) is 6.55. The highest BCUT2D eigenvalue weighted by Crippen LogP contribution is 2.47. The molecule has 1 fully saturated rings. The Balaban J connectivity index is 1.75. The zero-order chi connectivity index (χ0) is 27.7. The molecule has 1 N–H and O–H groups in total. The number of hydrogen-bond acceptors (Lipinski definition) is 4. The first-order chi connectivity index (χ1) is 17.8. The van der Waals surface area contributed by atoms with Crippen molar-refractivity contribution in [2.75, 3.05) is 5.32 Å². The SMILES string of the molecule is CC(C)(C)C1CCC(Nc2ccc(Cl)cc2)(c2nnnn2[C@@H](/C=C\c2ccc(Cl)cc2Cl)C(C)(C)C)CC1. The molecule has 0 aliphatic heterocycles. The average molecular weight is 575 g/mol. The highest BCUT2D eigenvalue weighted by molar-refractivity contribution is 6.35. The number of anilines is 1. The monoisotopic (exact) mass is 573 g/mol. The zero-order valence-electron chi connectivity index (χ0n) is 23.1. The number of hydrogen-bond donors (Lipinski definition) is 1. The maximum absolute atomic E-state index is 6.48. The molecule has 1 aliphatic carbocycles. The van der Waals surface area contributed by atoms with Gasteiger partial charge in [0.25, 0.3) is 0 Å². The van der Waals surface area contributed by atoms with Gasteiger partial charge >= 0.3 is 0 Å². The summed E-state index contributed by atoms with van der Waals surface area (Å²) in [6, 6.07) is 13.3. The maximum atomic E-state index is 6.48. The molecule has 0 bridgehead atoms. The summed E-state index contributed by atoms with van der Waals surface area (Å²) in [5.41, 5.74) is 1.60. The van der Waals surface area contributed by atoms with E-state index in [2.05, 4.69) is 68.5 Å². The molecule has 2 aromatic carbocycles. The van der Waals surface area contributed by atoms with Crippen molar-refractivity contribution in [2.45, 2.75) is 78.8 Å². The van der Waals surface area contributed by atoms with E-state index in [0.29, 0.717) is 21.0 Å². The summed E-state index contributed by atoms with van der Waals surface area (Å²) in [6.07, 6.45) is 8.23. The van der Waals surface area contributed by atoms with E-state index in [1.165, 1.54) is 0 Å². The molecule has 1 saturated carbocycles. The Morgan fingerprint density at radius 3 is 2.16 bits per heavy atom. The van der Waals surface area contributed by atoms with Crippen molar-refractivity contribution in [3.8, 4) is 0 Å². The number of nitrogens with one attached hydrogen (secondary N) is 1. The molecule has 1 aliphatic rings. The van der Waals surface area contributed by atoms with E-state index < -0.39 is 5.54 Å². The van der Waals surface area contributed by atoms with Crippen LogP contribution in [0.5, 0.6) is 0 Å². The largest absolute Gasteiger partial charge is 0.373 e. The molecule has 1 heterocycles. The first-order valence-electron chi connectivity index (χ1n) is 13.2. The second-order valence-electron chi connectivity index (χ2n) is 12.6. The molecule has 1 atom stereocenters. The number of aromatic nitrogens is 4. The highest BCUT2D eigenvalue weighted by Gasteiger charge is 2.45. The van der Waals surface area contributed by atoms with Crippen molar-refractivity contribution in [3.05, 3.63) is 75.0 Å². The summed E-state index contributed by atoms with van der Waals surface area (Å²) in [6.45, 7) is 13.6. The van der Waals surface area contributed by atoms with E-state index in [1.807, 2.05) is 47.2 Å². The molecule has 38 heavy (non-hydrogen) atoms. The Kier molecular flexibility index (Phi) is 8.52. The number of tetrazole rings is 1. The Labute approximate surface area is 241 Å². The minimum absolute atomic E-state index is 0.108. The van der Waals surface area contributed by atoms with E-state index in [9.17, 15) is 0 Å². The molecule has 0 unspecified atom stereocenters. The van der Waals surface area contributed by atoms with Gasteiger partial charge in [-0.2, -0.15) is 0 Å². The lowest BCUT2D eigenvalue weighted by Crippen LogP contribution is -2.44. The predicted molar refractivity (Wildman–Crippen MR) is 160 cm³/mol. The zero-order valence-corrected chi connectivity index (χ0v) is 25.4. The Bertz CT molecular complexity index is 1260. The van der Waals surface area contributed by atoms with Gasteiger partial charge in [-0.3, -0.25) is 0 Å². The number of nitrogens with zero attached hydrogens (tertiary/aromatic N) is 4. The van der Waals surface area contributed by atoms with E-state index in [-0.39, 0.29) is 16.9 Å². The van der Waals surface area contributed by atoms with Crippen molar-refractivity contribution < 1.29 is 0 Å². The fraction of sp³-hybridized carbons (Fsp3) is 0.500. The Morgan fingerprint density at radius 1 is 0.947 bits per heavy atom. The van der Waals surface area contributed by atoms with Crippen LogP contribution in [-0.4, -0.2) is 20.2 Å². The topological polar surface area (TPSA) is 55.6 Å². The van der Waals surface area contributed by atoms with Gasteiger partial charge in [-0.15, -0.1) is 5.10 Å². The molecule has 0 radical (unpaired) electrons. The van der Waals surface area contributed by atoms with Crippen molar-refractivity contribution >= 4 is 46.6 Å². The summed E-state index contributed by atoms with van der Waals surface area (Å²) in [5.74, 6) is 1.49. The Morgan fingerprint density at radius 2 is 1.58 bits per heavy atom. The van der Waals surface area contributed by atoms with Gasteiger partial charge in [-0.25, -0.2) is 4.68 Å². The van der Waals surface area contributed by atoms with Crippen LogP contribution in [-0.2, 0) is 5.54 Å². The third-order valence-electron chi connectivity index (χ3n) is 7.78. The van der Waals surface area contributed by atoms with E-state index in [1.54, 1.807) is 6.07 Å². The summed E-state index contributed by atoms with van der Waals surface area (Å²) < 4.78 is 2.00. The van der Waals surface area contributed by atoms with Crippen LogP contribution >= 0.6 is 34.8 Å². The molecule has 0 spiro atoms. The standard InChI is InChI=1S/C30H38Cl3N5/c1-28(2,3)21-15-17-30(18-16-21,34-24-12-10-22(31)11-13-24)27-35-36-37-38(27)26(29(4,5)6)14-8-20-7-9-23(32)19-25(20)33/h7-14,19,21,26,34H,15-18H2,1-6H3/b14-8-/t21?,26-,30?/m0/s1. The van der Waals surface area contributed by atoms with Gasteiger partial charge in [0.1, 0.15) is 0 Å². The average Bonchev–Trinajstić information content (AvgIpc) is 3.31. The van der Waals surface area contributed by atoms with Crippen LogP contribution in [0, 0.1) is 16.7 Å². The van der Waals surface area contributed by atoms with Crippen molar-refractivity contribution in [1.82, 2.24) is 20.2 Å². The first-order valence-corrected chi connectivity index (χ1v) is 14.4. The molecule has 204 valence electrons. The molecule has 1 aromatic heterocycles. The minimum atomic E-state index is -0.408. The lowest BCUT2D eigenvalue weighted by atomic mass is 9.67. The predicted octanol–water partition coefficient (Wildman–Crippen LogP) is 9.48. The van der Waals surface area contributed by atoms with Gasteiger partial charge in [0.15, 0.2) is 5.82 Å². The quantitative estimate of drug-likeness (QED) is 0.318. The van der Waals surface area contributed by atoms with Crippen LogP contribution in [0.4, 0.5) is 5.69 Å². The van der Waals surface area contributed by atoms with Crippen LogP contribution in [0.2, 0.25) is 15.1 Å². The minimum Gasteiger partial charge on any atom is -0.373 e. The number of allylic oxidation sites excluding steroid dienone is 1. The summed E-state index contributed by atoms with van der Waals surface area (Å²) in [7, 11) is 0. The number of rotatable bonds is 6. The lowest BCUT2D eigenvalue weighted by molar-refractivity contribution is 0.133. The first kappa shape index (κ1) is 28.9. The van der Waals surface area contributed by atoms with Crippen molar-refractivity contribution in [3.63, 3.8) is 0 Å². The van der Waals surface area contributed by atoms with E-state index >= 15 is 0 Å². The lowest BCUT2D eigenvalue weighted by Gasteiger charge is -2.45. The fourth-order valence-electron chi connectivity index (χ4n) is 5.46. The van der Waals surface area contributed by atoms with Crippen molar-refractivity contribution in [2.24, 2.45) is 16.7 Å². The smallest absolute Gasteiger partial charge is 0.177 e. The van der Waals surface area contributed by atoms with Gasteiger partial charge in [-0.05, 0) is 94.8 Å². The molecule has 3 aromatic rings. The maximum Gasteiger partial charge on any atom is 0.177 e. The number of benzene rings is 2. The highest BCUT2D eigenvalue weighted by atomic mass is 35.5. The molecule has 5 nitrogen and oxygen atoms in total. The van der Waals surface area contributed by atoms with Gasteiger partial charge in [0, 0.05) is 20.8 Å². The van der Waals surface area contributed by atoms with Gasteiger partial charge in [0.05, 0.1) is 11.6 Å². The second kappa shape index (κ2) is 11.2. The molecular formula is C30H38Cl3N5. The van der Waals surface area contributed by atoms with Crippen LogP contribution < -0.4 is 5.32 Å². The van der Waals surface area contributed by atoms with E-state index in [0.717, 1.165) is 42.8 Å². The third-order valence-corrected chi connectivity index (χ3v) is 8.60. The Hall–Kier alpha value is -2.08. The van der Waals surface area contributed by atoms with Crippen LogP contribution in [0.3, 0.4) is 0 Å². The molecular weight excluding hydrogens is 537 g/mol. The molecule has 8 heteroatoms. The molecule has 0 saturated heterocycles. The van der Waals surface area contributed by atoms with Crippen LogP contribution in [0.15, 0.2) is 48.5 Å². The van der Waals surface area contributed by atoms with Crippen LogP contribution in [0.1, 0.15) is 84.7 Å². The van der Waals surface area contributed by atoms with Crippen LogP contribution in [0.25, 0.3) is 6.08 Å². The van der Waals surface area contributed by atoms with E-state index in [4.69, 9.17) is 34.8 Å². The summed E-state index contributed by atoms with van der Waals surface area (Å²) >= 11 is 18.8. The molecule has 4 rings (SSSR count). The fourth-order valence-corrected chi connectivity index (χ4v) is 6.05. The van der Waals surface area contributed by atoms with Crippen molar-refractivity contribution in [1.29, 1.82) is 0 Å². The summed E-state index contributed by atoms with van der Waals surface area (Å²) in [4.78, 5) is 0.